The first-order chi connectivity index (χ1) is 16.8. The fourth-order valence-corrected chi connectivity index (χ4v) is 5.35. The van der Waals surface area contributed by atoms with Crippen molar-refractivity contribution >= 4 is 0 Å². The zero-order valence-corrected chi connectivity index (χ0v) is 22.7. The number of hydrogen-bond donors (Lipinski definition) is 1. The minimum Gasteiger partial charge on any atom is -0.247 e. The Labute approximate surface area is 212 Å². The van der Waals surface area contributed by atoms with Crippen LogP contribution < -0.4 is 4.57 Å². The van der Waals surface area contributed by atoms with E-state index in [1.807, 2.05) is 0 Å². The second kappa shape index (κ2) is 19.7. The molecule has 0 saturated heterocycles. The number of imidazole rings is 1. The van der Waals surface area contributed by atoms with Crippen molar-refractivity contribution in [3.8, 4) is 0 Å². The smallest absolute Gasteiger partial charge is 0.247 e. The van der Waals surface area contributed by atoms with Gasteiger partial charge in [0, 0.05) is 0 Å². The predicted octanol–water partition coefficient (Wildman–Crippen LogP) is 9.89. The molecule has 0 amide bonds. The van der Waals surface area contributed by atoms with Crippen LogP contribution >= 0.6 is 0 Å². The summed E-state index contributed by atoms with van der Waals surface area (Å²) in [5, 5.41) is 0. The molecule has 0 spiro atoms. The lowest BCUT2D eigenvalue weighted by atomic mass is 9.95. The Hall–Kier alpha value is -1.57. The highest BCUT2D eigenvalue weighted by Crippen LogP contribution is 2.24. The average molecular weight is 468 g/mol. The molecular weight excluding hydrogens is 412 g/mol. The van der Waals surface area contributed by atoms with Gasteiger partial charge < -0.3 is 0 Å². The van der Waals surface area contributed by atoms with Gasteiger partial charge >= 0.3 is 0 Å². The molecule has 0 radical (unpaired) electrons. The van der Waals surface area contributed by atoms with Gasteiger partial charge in [0.15, 0.2) is 0 Å². The highest BCUT2D eigenvalue weighted by molar-refractivity contribution is 5.13. The molecular formula is C32H55N2+. The van der Waals surface area contributed by atoms with E-state index in [4.69, 9.17) is 0 Å². The Bertz CT molecular complexity index is 690. The van der Waals surface area contributed by atoms with Crippen LogP contribution in [0, 0.1) is 0 Å². The zero-order valence-electron chi connectivity index (χ0n) is 22.7. The number of H-pyrrole nitrogens is 1. The fraction of sp³-hybridized carbons (Fsp3) is 0.719. The van der Waals surface area contributed by atoms with Crippen LogP contribution in [-0.4, -0.2) is 4.98 Å². The molecule has 0 fully saturated rings. The number of nitrogens with zero attached hydrogens (tertiary/aromatic N) is 1. The Morgan fingerprint density at radius 1 is 0.618 bits per heavy atom. The highest BCUT2D eigenvalue weighted by Gasteiger charge is 2.22. The molecule has 2 rings (SSSR count). The lowest BCUT2D eigenvalue weighted by Gasteiger charge is -2.13. The molecule has 0 aliphatic heterocycles. The van der Waals surface area contributed by atoms with Crippen LogP contribution in [0.15, 0.2) is 42.7 Å². The van der Waals surface area contributed by atoms with E-state index >= 15 is 0 Å². The van der Waals surface area contributed by atoms with Crippen molar-refractivity contribution in [1.29, 1.82) is 0 Å². The maximum Gasteiger partial charge on any atom is 0.257 e. The fourth-order valence-electron chi connectivity index (χ4n) is 5.35. The van der Waals surface area contributed by atoms with Crippen molar-refractivity contribution in [2.24, 2.45) is 0 Å². The first-order valence-electron chi connectivity index (χ1n) is 15.0. The summed E-state index contributed by atoms with van der Waals surface area (Å²) >= 11 is 0. The monoisotopic (exact) mass is 467 g/mol. The lowest BCUT2D eigenvalue weighted by molar-refractivity contribution is -0.695. The topological polar surface area (TPSA) is 19.7 Å². The molecule has 1 heterocycles. The van der Waals surface area contributed by atoms with E-state index in [1.165, 1.54) is 133 Å². The summed E-state index contributed by atoms with van der Waals surface area (Å²) in [4.78, 5) is 3.58. The molecule has 192 valence electrons. The number of unbranched alkanes of at least 4 members (excludes halogenated alkanes) is 15. The molecule has 2 nitrogen and oxygen atoms in total. The van der Waals surface area contributed by atoms with Crippen molar-refractivity contribution in [3.05, 3.63) is 54.1 Å². The van der Waals surface area contributed by atoms with Gasteiger partial charge in [0.2, 0.25) is 0 Å². The third-order valence-corrected chi connectivity index (χ3v) is 7.42. The van der Waals surface area contributed by atoms with Crippen LogP contribution in [0.4, 0.5) is 0 Å². The number of nitrogens with one attached hydrogen (secondary N) is 1. The number of aromatic amines is 1. The molecule has 0 aliphatic rings. The van der Waals surface area contributed by atoms with Gasteiger partial charge in [-0.15, -0.1) is 0 Å². The molecule has 1 atom stereocenters. The molecule has 1 aromatic heterocycles. The van der Waals surface area contributed by atoms with E-state index in [-0.39, 0.29) is 0 Å². The van der Waals surface area contributed by atoms with Crippen molar-refractivity contribution < 1.29 is 4.57 Å². The van der Waals surface area contributed by atoms with Crippen LogP contribution in [0.5, 0.6) is 0 Å². The minimum absolute atomic E-state index is 0.662. The Balaban J connectivity index is 1.50. The van der Waals surface area contributed by atoms with E-state index in [0.717, 1.165) is 6.54 Å². The van der Waals surface area contributed by atoms with Gasteiger partial charge in [-0.2, -0.15) is 0 Å². The second-order valence-electron chi connectivity index (χ2n) is 10.5. The molecule has 34 heavy (non-hydrogen) atoms. The normalized spacial score (nSPS) is 12.3. The van der Waals surface area contributed by atoms with Crippen LogP contribution in [0.2, 0.25) is 0 Å². The summed E-state index contributed by atoms with van der Waals surface area (Å²) < 4.78 is 2.43. The maximum atomic E-state index is 3.58. The van der Waals surface area contributed by atoms with E-state index < -0.39 is 0 Å². The predicted molar refractivity (Wildman–Crippen MR) is 148 cm³/mol. The quantitative estimate of drug-likeness (QED) is 0.131. The van der Waals surface area contributed by atoms with Gasteiger partial charge in [-0.1, -0.05) is 153 Å². The van der Waals surface area contributed by atoms with E-state index in [1.54, 1.807) is 0 Å². The minimum atomic E-state index is 0.662. The summed E-state index contributed by atoms with van der Waals surface area (Å²) in [6.45, 7) is 5.60. The largest absolute Gasteiger partial charge is 0.257 e. The Kier molecular flexibility index (Phi) is 16.6. The highest BCUT2D eigenvalue weighted by atomic mass is 15.1. The SMILES string of the molecule is CCCCCCCCCCCCCCCCCC[C@H](CCC)c1[nH]cc[n+]1Cc1ccccc1. The van der Waals surface area contributed by atoms with Gasteiger partial charge in [0.25, 0.3) is 5.82 Å². The molecule has 2 heteroatoms. The van der Waals surface area contributed by atoms with Crippen molar-refractivity contribution in [3.63, 3.8) is 0 Å². The van der Waals surface area contributed by atoms with Crippen LogP contribution in [0.25, 0.3) is 0 Å². The summed E-state index contributed by atoms with van der Waals surface area (Å²) in [6, 6.07) is 10.8. The summed E-state index contributed by atoms with van der Waals surface area (Å²) in [5.74, 6) is 2.09. The van der Waals surface area contributed by atoms with Gasteiger partial charge in [-0.3, -0.25) is 0 Å². The van der Waals surface area contributed by atoms with E-state index in [0.29, 0.717) is 5.92 Å². The molecule has 0 aliphatic carbocycles. The van der Waals surface area contributed by atoms with Gasteiger partial charge in [-0.25, -0.2) is 9.55 Å². The van der Waals surface area contributed by atoms with E-state index in [2.05, 4.69) is 66.1 Å². The number of aromatic nitrogens is 2. The van der Waals surface area contributed by atoms with Crippen molar-refractivity contribution in [1.82, 2.24) is 4.98 Å². The summed E-state index contributed by atoms with van der Waals surface area (Å²) in [5.41, 5.74) is 1.38. The second-order valence-corrected chi connectivity index (χ2v) is 10.5. The maximum absolute atomic E-state index is 3.58. The molecule has 2 aromatic rings. The summed E-state index contributed by atoms with van der Waals surface area (Å²) in [7, 11) is 0. The first kappa shape index (κ1) is 28.7. The Morgan fingerprint density at radius 2 is 1.15 bits per heavy atom. The average Bonchev–Trinajstić information content (AvgIpc) is 3.31. The van der Waals surface area contributed by atoms with Gasteiger partial charge in [0.05, 0.1) is 5.92 Å². The number of hydrogen-bond acceptors (Lipinski definition) is 0. The molecule has 1 N–H and O–H groups in total. The van der Waals surface area contributed by atoms with Crippen LogP contribution in [0.1, 0.15) is 153 Å². The standard InChI is InChI=1S/C32H54N2/c1-3-5-6-7-8-9-10-11-12-13-14-15-16-17-18-22-26-31(23-4-2)32-33-27-28-34(32)29-30-24-20-19-21-25-30/h19-21,24-25,27-28,31H,3-18,22-23,26,29H2,1-2H3/p+1/t31-/m0/s1. The third-order valence-electron chi connectivity index (χ3n) is 7.42. The third kappa shape index (κ3) is 12.8. The first-order valence-corrected chi connectivity index (χ1v) is 15.0. The molecule has 0 unspecified atom stereocenters. The van der Waals surface area contributed by atoms with Crippen LogP contribution in [-0.2, 0) is 6.54 Å². The molecule has 0 saturated carbocycles. The number of rotatable bonds is 22. The van der Waals surface area contributed by atoms with Gasteiger partial charge in [0.1, 0.15) is 18.9 Å². The lowest BCUT2D eigenvalue weighted by Crippen LogP contribution is -2.38. The molecule has 0 bridgehead atoms. The Morgan fingerprint density at radius 3 is 1.68 bits per heavy atom. The number of benzene rings is 1. The zero-order chi connectivity index (χ0) is 24.1. The van der Waals surface area contributed by atoms with Gasteiger partial charge in [-0.05, 0) is 18.4 Å². The van der Waals surface area contributed by atoms with Crippen molar-refractivity contribution in [2.45, 2.75) is 148 Å². The van der Waals surface area contributed by atoms with Crippen molar-refractivity contribution in [2.75, 3.05) is 0 Å². The summed E-state index contributed by atoms with van der Waals surface area (Å²) in [6.07, 6.45) is 31.2. The van der Waals surface area contributed by atoms with Crippen LogP contribution in [0.3, 0.4) is 0 Å². The van der Waals surface area contributed by atoms with E-state index in [9.17, 15) is 0 Å². The molecule has 1 aromatic carbocycles.